The average molecular weight is 168 g/mol. The molecule has 0 radical (unpaired) electrons. The normalized spacial score (nSPS) is 36.8. The molecular weight excluding hydrogens is 148 g/mol. The fourth-order valence-corrected chi connectivity index (χ4v) is 2.58. The quantitative estimate of drug-likeness (QED) is 0.673. The van der Waals surface area contributed by atoms with Crippen LogP contribution in [0.25, 0.3) is 0 Å². The topological polar surface area (TPSA) is 15.3 Å². The first-order chi connectivity index (χ1) is 5.92. The number of hydrogen-bond donors (Lipinski definition) is 1. The first-order valence-corrected chi connectivity index (χ1v) is 5.41. The molecule has 2 fully saturated rings. The van der Waals surface area contributed by atoms with Gasteiger partial charge in [0.25, 0.3) is 0 Å². The molecule has 1 N–H and O–H groups in total. The summed E-state index contributed by atoms with van der Waals surface area (Å²) in [6, 6.07) is 0.871. The third-order valence-electron chi connectivity index (χ3n) is 3.22. The number of hydrogen-bond acceptors (Lipinski definition) is 2. The van der Waals surface area contributed by atoms with E-state index in [1.807, 2.05) is 0 Å². The Bertz CT molecular complexity index is 147. The minimum atomic E-state index is 0.709. The smallest absolute Gasteiger partial charge is 0.0600 e. The molecule has 2 aliphatic rings. The third kappa shape index (κ3) is 1.50. The maximum atomic E-state index is 3.63. The summed E-state index contributed by atoms with van der Waals surface area (Å²) in [6.07, 6.45) is 7.63. The van der Waals surface area contributed by atoms with Gasteiger partial charge in [-0.1, -0.05) is 19.8 Å². The zero-order chi connectivity index (χ0) is 8.39. The van der Waals surface area contributed by atoms with Crippen molar-refractivity contribution in [3.8, 4) is 0 Å². The zero-order valence-corrected chi connectivity index (χ0v) is 8.05. The van der Waals surface area contributed by atoms with E-state index in [1.165, 1.54) is 45.2 Å². The molecule has 2 aliphatic heterocycles. The lowest BCUT2D eigenvalue weighted by Crippen LogP contribution is -2.41. The summed E-state index contributed by atoms with van der Waals surface area (Å²) in [5.74, 6) is 0. The highest BCUT2D eigenvalue weighted by Crippen LogP contribution is 2.24. The molecule has 0 aromatic heterocycles. The minimum absolute atomic E-state index is 0.709. The van der Waals surface area contributed by atoms with Gasteiger partial charge in [-0.05, 0) is 25.8 Å². The molecule has 2 saturated heterocycles. The number of nitrogens with one attached hydrogen (secondary N) is 1. The van der Waals surface area contributed by atoms with Crippen LogP contribution in [0.15, 0.2) is 0 Å². The van der Waals surface area contributed by atoms with Crippen LogP contribution in [-0.4, -0.2) is 30.2 Å². The summed E-state index contributed by atoms with van der Waals surface area (Å²) in [5, 5.41) is 3.63. The fraction of sp³-hybridized carbons (Fsp3) is 1.00. The first-order valence-electron chi connectivity index (χ1n) is 5.41. The van der Waals surface area contributed by atoms with Gasteiger partial charge in [0.15, 0.2) is 0 Å². The number of fused-ring (bicyclic) bond motifs is 1. The molecule has 2 heteroatoms. The van der Waals surface area contributed by atoms with Crippen LogP contribution in [0.2, 0.25) is 0 Å². The van der Waals surface area contributed by atoms with E-state index >= 15 is 0 Å². The molecule has 0 aromatic rings. The van der Waals surface area contributed by atoms with E-state index in [9.17, 15) is 0 Å². The largest absolute Gasteiger partial charge is 0.300 e. The zero-order valence-electron chi connectivity index (χ0n) is 8.05. The molecule has 70 valence electrons. The van der Waals surface area contributed by atoms with Crippen LogP contribution >= 0.6 is 0 Å². The summed E-state index contributed by atoms with van der Waals surface area (Å²) >= 11 is 0. The Labute approximate surface area is 75.3 Å². The molecule has 0 saturated carbocycles. The summed E-state index contributed by atoms with van der Waals surface area (Å²) in [4.78, 5) is 2.69. The Morgan fingerprint density at radius 3 is 3.17 bits per heavy atom. The molecule has 0 bridgehead atoms. The maximum Gasteiger partial charge on any atom is 0.0600 e. The summed E-state index contributed by atoms with van der Waals surface area (Å²) in [6.45, 7) is 4.85. The predicted octanol–water partition coefficient (Wildman–Crippen LogP) is 1.57. The monoisotopic (exact) mass is 168 g/mol. The molecule has 0 spiro atoms. The Kier molecular flexibility index (Phi) is 2.66. The lowest BCUT2D eigenvalue weighted by molar-refractivity contribution is 0.141. The van der Waals surface area contributed by atoms with Gasteiger partial charge in [-0.2, -0.15) is 0 Å². The van der Waals surface area contributed by atoms with E-state index in [2.05, 4.69) is 17.1 Å². The van der Waals surface area contributed by atoms with Crippen LogP contribution < -0.4 is 5.32 Å². The minimum Gasteiger partial charge on any atom is -0.300 e. The molecule has 2 nitrogen and oxygen atoms in total. The van der Waals surface area contributed by atoms with Crippen molar-refractivity contribution < 1.29 is 0 Å². The maximum absolute atomic E-state index is 3.63. The van der Waals surface area contributed by atoms with Crippen molar-refractivity contribution in [3.63, 3.8) is 0 Å². The first kappa shape index (κ1) is 8.52. The van der Waals surface area contributed by atoms with Crippen LogP contribution in [0.5, 0.6) is 0 Å². The molecular formula is C10H20N2. The van der Waals surface area contributed by atoms with Gasteiger partial charge in [-0.25, -0.2) is 0 Å². The molecule has 2 unspecified atom stereocenters. The second kappa shape index (κ2) is 3.75. The van der Waals surface area contributed by atoms with E-state index in [1.54, 1.807) is 0 Å². The third-order valence-corrected chi connectivity index (χ3v) is 3.22. The van der Waals surface area contributed by atoms with Gasteiger partial charge in [0.1, 0.15) is 0 Å². The van der Waals surface area contributed by atoms with Gasteiger partial charge >= 0.3 is 0 Å². The van der Waals surface area contributed by atoms with Gasteiger partial charge in [-0.3, -0.25) is 4.90 Å². The van der Waals surface area contributed by atoms with Gasteiger partial charge in [-0.15, -0.1) is 0 Å². The van der Waals surface area contributed by atoms with Crippen molar-refractivity contribution in [3.05, 3.63) is 0 Å². The van der Waals surface area contributed by atoms with E-state index in [4.69, 9.17) is 0 Å². The Hall–Kier alpha value is -0.0800. The van der Waals surface area contributed by atoms with Crippen LogP contribution in [0.3, 0.4) is 0 Å². The Balaban J connectivity index is 1.92. The molecule has 0 aliphatic carbocycles. The lowest BCUT2D eigenvalue weighted by Gasteiger charge is -2.32. The number of piperidine rings is 1. The van der Waals surface area contributed by atoms with E-state index in [0.717, 1.165) is 6.04 Å². The predicted molar refractivity (Wildman–Crippen MR) is 51.0 cm³/mol. The van der Waals surface area contributed by atoms with Crippen molar-refractivity contribution in [1.82, 2.24) is 10.2 Å². The standard InChI is InChI=1S/C10H20N2/c1-2-5-10-11-8-9-6-3-4-7-12(9)10/h9-11H,2-8H2,1H3. The molecule has 2 atom stereocenters. The van der Waals surface area contributed by atoms with Crippen molar-refractivity contribution in [2.75, 3.05) is 13.1 Å². The van der Waals surface area contributed by atoms with Crippen LogP contribution in [-0.2, 0) is 0 Å². The SMILES string of the molecule is CCCC1NCC2CCCCN21. The Morgan fingerprint density at radius 2 is 2.33 bits per heavy atom. The van der Waals surface area contributed by atoms with Crippen LogP contribution in [0.1, 0.15) is 39.0 Å². The molecule has 0 amide bonds. The van der Waals surface area contributed by atoms with Crippen molar-refractivity contribution in [1.29, 1.82) is 0 Å². The lowest BCUT2D eigenvalue weighted by atomic mass is 10.0. The molecule has 0 aromatic carbocycles. The molecule has 2 rings (SSSR count). The average Bonchev–Trinajstić information content (AvgIpc) is 2.50. The second-order valence-electron chi connectivity index (χ2n) is 4.10. The summed E-state index contributed by atoms with van der Waals surface area (Å²) in [7, 11) is 0. The second-order valence-corrected chi connectivity index (χ2v) is 4.10. The van der Waals surface area contributed by atoms with Gasteiger partial charge in [0, 0.05) is 12.6 Å². The van der Waals surface area contributed by atoms with Gasteiger partial charge in [0.2, 0.25) is 0 Å². The Morgan fingerprint density at radius 1 is 1.42 bits per heavy atom. The van der Waals surface area contributed by atoms with Gasteiger partial charge in [0.05, 0.1) is 6.17 Å². The van der Waals surface area contributed by atoms with Crippen molar-refractivity contribution >= 4 is 0 Å². The molecule has 12 heavy (non-hydrogen) atoms. The number of rotatable bonds is 2. The van der Waals surface area contributed by atoms with Crippen molar-refractivity contribution in [2.24, 2.45) is 0 Å². The summed E-state index contributed by atoms with van der Waals surface area (Å²) < 4.78 is 0. The van der Waals surface area contributed by atoms with E-state index in [0.29, 0.717) is 6.17 Å². The van der Waals surface area contributed by atoms with Crippen molar-refractivity contribution in [2.45, 2.75) is 51.2 Å². The number of nitrogens with zero attached hydrogens (tertiary/aromatic N) is 1. The highest BCUT2D eigenvalue weighted by molar-refractivity contribution is 4.89. The highest BCUT2D eigenvalue weighted by Gasteiger charge is 2.33. The molecule has 2 heterocycles. The fourth-order valence-electron chi connectivity index (χ4n) is 2.58. The van der Waals surface area contributed by atoms with Gasteiger partial charge < -0.3 is 5.32 Å². The summed E-state index contributed by atoms with van der Waals surface area (Å²) in [5.41, 5.74) is 0. The van der Waals surface area contributed by atoms with Crippen LogP contribution in [0, 0.1) is 0 Å². The van der Waals surface area contributed by atoms with E-state index in [-0.39, 0.29) is 0 Å². The highest BCUT2D eigenvalue weighted by atomic mass is 15.3. The van der Waals surface area contributed by atoms with E-state index < -0.39 is 0 Å². The van der Waals surface area contributed by atoms with Crippen LogP contribution in [0.4, 0.5) is 0 Å².